The number of nitrogens with two attached hydrogens (primary N) is 2. The van der Waals surface area contributed by atoms with E-state index in [-0.39, 0.29) is 29.7 Å². The van der Waals surface area contributed by atoms with E-state index in [1.54, 1.807) is 48.5 Å². The number of benzene rings is 3. The summed E-state index contributed by atoms with van der Waals surface area (Å²) in [5.41, 5.74) is 13.3. The number of hydrogen-bond acceptors (Lipinski definition) is 7. The van der Waals surface area contributed by atoms with E-state index in [0.29, 0.717) is 52.5 Å². The van der Waals surface area contributed by atoms with Gasteiger partial charge in [0.25, 0.3) is 11.8 Å². The van der Waals surface area contributed by atoms with Gasteiger partial charge in [-0.2, -0.15) is 0 Å². The first kappa shape index (κ1) is 39.2. The van der Waals surface area contributed by atoms with E-state index in [0.717, 1.165) is 42.4 Å². The van der Waals surface area contributed by atoms with E-state index in [1.165, 1.54) is 6.20 Å². The highest BCUT2D eigenvalue weighted by atomic mass is 35.5. The zero-order valence-electron chi connectivity index (χ0n) is 29.5. The number of amides is 2. The van der Waals surface area contributed by atoms with Crippen molar-refractivity contribution in [3.05, 3.63) is 123 Å². The van der Waals surface area contributed by atoms with Crippen molar-refractivity contribution >= 4 is 46.5 Å². The number of nitrogen functional groups attached to an aromatic ring is 2. The fourth-order valence-electron chi connectivity index (χ4n) is 6.41. The zero-order valence-corrected chi connectivity index (χ0v) is 31.0. The van der Waals surface area contributed by atoms with E-state index >= 15 is 0 Å². The third-order valence-electron chi connectivity index (χ3n) is 9.28. The molecule has 2 fully saturated rings. The van der Waals surface area contributed by atoms with Crippen molar-refractivity contribution in [2.24, 2.45) is 0 Å². The minimum absolute atomic E-state index is 0.132. The molecule has 0 bridgehead atoms. The summed E-state index contributed by atoms with van der Waals surface area (Å²) < 4.78 is 0. The van der Waals surface area contributed by atoms with Crippen molar-refractivity contribution < 1.29 is 19.8 Å². The summed E-state index contributed by atoms with van der Waals surface area (Å²) >= 11 is 11.9. The number of aryl methyl sites for hydroxylation is 1. The van der Waals surface area contributed by atoms with Crippen molar-refractivity contribution in [2.75, 3.05) is 11.5 Å². The second-order valence-electron chi connectivity index (χ2n) is 13.6. The van der Waals surface area contributed by atoms with E-state index in [1.807, 2.05) is 37.3 Å². The van der Waals surface area contributed by atoms with E-state index in [2.05, 4.69) is 39.3 Å². The highest BCUT2D eigenvalue weighted by Crippen LogP contribution is 2.30. The number of halogens is 2. The van der Waals surface area contributed by atoms with Gasteiger partial charge >= 0.3 is 0 Å². The molecule has 3 aromatic carbocycles. The monoisotopic (exact) mass is 751 g/mol. The van der Waals surface area contributed by atoms with Gasteiger partial charge in [0.1, 0.15) is 17.0 Å². The summed E-state index contributed by atoms with van der Waals surface area (Å²) in [7, 11) is 0. The second kappa shape index (κ2) is 17.7. The molecule has 4 aromatic rings. The number of nitrogens with zero attached hydrogens (tertiary/aromatic N) is 1. The van der Waals surface area contributed by atoms with Crippen LogP contribution in [0.25, 0.3) is 0 Å². The molecule has 4 atom stereocenters. The van der Waals surface area contributed by atoms with Crippen LogP contribution >= 0.6 is 23.2 Å². The SMILES string of the molecule is Cc1ccc(C(=O)N[C@H]2CCC[C@@](O)(C#Cc3cccc(Cl)c3)C2)cc1N.Nc1ncccc1C(=O)N[C@H]1CCC[C@@](O)(C#Cc2cccc(Cl)c2)C1. The smallest absolute Gasteiger partial charge is 0.255 e. The lowest BCUT2D eigenvalue weighted by Gasteiger charge is -2.33. The fraction of sp³-hybridized carbons (Fsp3) is 0.310. The predicted octanol–water partition coefficient (Wildman–Crippen LogP) is 6.46. The average Bonchev–Trinajstić information content (AvgIpc) is 3.12. The van der Waals surface area contributed by atoms with Crippen LogP contribution in [0.5, 0.6) is 0 Å². The van der Waals surface area contributed by atoms with Crippen LogP contribution in [0.2, 0.25) is 10.0 Å². The Morgan fingerprint density at radius 2 is 1.32 bits per heavy atom. The number of pyridine rings is 1. The number of carbonyl (C=O) groups excluding carboxylic acids is 2. The lowest BCUT2D eigenvalue weighted by Crippen LogP contribution is -2.45. The summed E-state index contributed by atoms with van der Waals surface area (Å²) in [5.74, 6) is 11.6. The quantitative estimate of drug-likeness (QED) is 0.103. The molecule has 6 rings (SSSR count). The molecule has 11 heteroatoms. The molecule has 0 aliphatic heterocycles. The molecule has 1 aromatic heterocycles. The Balaban J connectivity index is 0.000000204. The summed E-state index contributed by atoms with van der Waals surface area (Å²) in [6.07, 6.45) is 6.63. The third-order valence-corrected chi connectivity index (χ3v) is 9.75. The van der Waals surface area contributed by atoms with Gasteiger partial charge in [-0.25, -0.2) is 4.98 Å². The van der Waals surface area contributed by atoms with Crippen LogP contribution < -0.4 is 22.1 Å². The van der Waals surface area contributed by atoms with Crippen LogP contribution in [0.1, 0.15) is 88.8 Å². The van der Waals surface area contributed by atoms with E-state index < -0.39 is 11.2 Å². The number of aromatic nitrogens is 1. The van der Waals surface area contributed by atoms with Crippen molar-refractivity contribution in [3.8, 4) is 23.7 Å². The Labute approximate surface area is 320 Å². The lowest BCUT2D eigenvalue weighted by molar-refractivity contribution is 0.0443. The second-order valence-corrected chi connectivity index (χ2v) is 14.5. The Bertz CT molecular complexity index is 2090. The first-order valence-electron chi connectivity index (χ1n) is 17.5. The molecule has 8 N–H and O–H groups in total. The molecule has 2 saturated carbocycles. The number of hydrogen-bond donors (Lipinski definition) is 6. The van der Waals surface area contributed by atoms with E-state index in [9.17, 15) is 19.8 Å². The largest absolute Gasteiger partial charge is 0.398 e. The van der Waals surface area contributed by atoms with Crippen LogP contribution in [0.15, 0.2) is 85.1 Å². The molecular formula is C42H43Cl2N5O4. The molecule has 0 spiro atoms. The maximum Gasteiger partial charge on any atom is 0.255 e. The van der Waals surface area contributed by atoms with Gasteiger partial charge in [0, 0.05) is 63.5 Å². The molecule has 2 aliphatic rings. The Morgan fingerprint density at radius 3 is 1.83 bits per heavy atom. The van der Waals surface area contributed by atoms with Gasteiger partial charge in [-0.05, 0) is 112 Å². The minimum atomic E-state index is -1.14. The number of rotatable bonds is 4. The zero-order chi connectivity index (χ0) is 38.0. The summed E-state index contributed by atoms with van der Waals surface area (Å²) in [6.45, 7) is 1.90. The number of anilines is 2. The van der Waals surface area contributed by atoms with Crippen LogP contribution in [0.4, 0.5) is 11.5 Å². The minimum Gasteiger partial charge on any atom is -0.398 e. The van der Waals surface area contributed by atoms with Crippen molar-refractivity contribution in [2.45, 2.75) is 81.6 Å². The molecule has 274 valence electrons. The number of nitrogens with one attached hydrogen (secondary N) is 2. The van der Waals surface area contributed by atoms with E-state index in [4.69, 9.17) is 34.7 Å². The van der Waals surface area contributed by atoms with Gasteiger partial charge in [-0.3, -0.25) is 9.59 Å². The number of aliphatic hydroxyl groups is 2. The predicted molar refractivity (Wildman–Crippen MR) is 210 cm³/mol. The molecule has 1 heterocycles. The summed E-state index contributed by atoms with van der Waals surface area (Å²) in [6, 6.07) is 22.7. The molecule has 53 heavy (non-hydrogen) atoms. The number of carbonyl (C=O) groups is 2. The third kappa shape index (κ3) is 11.5. The van der Waals surface area contributed by atoms with Crippen LogP contribution in [0.3, 0.4) is 0 Å². The maximum absolute atomic E-state index is 12.5. The van der Waals surface area contributed by atoms with Crippen LogP contribution in [-0.2, 0) is 0 Å². The molecular weight excluding hydrogens is 709 g/mol. The average molecular weight is 753 g/mol. The standard InChI is InChI=1S/C22H23ClN2O2.C20H20ClN3O2/c1-15-7-8-17(13-20(15)24)21(26)25-19-6-3-10-22(27,14-19)11-9-16-4-2-5-18(23)12-16;21-15-5-1-4-14(12-15)8-10-20(26)9-2-6-16(13-20)24-19(25)17-7-3-11-23-18(17)22/h2,4-5,7-8,12-13,19,27H,3,6,10,14,24H2,1H3,(H,25,26);1,3-5,7,11-12,16,26H,2,6,9,13H2,(H2,22,23)(H,24,25)/t19-,22+;16-,20+/m00/s1. The highest BCUT2D eigenvalue weighted by Gasteiger charge is 2.35. The van der Waals surface area contributed by atoms with Crippen LogP contribution in [-0.4, -0.2) is 50.3 Å². The topological polar surface area (TPSA) is 164 Å². The van der Waals surface area contributed by atoms with Crippen molar-refractivity contribution in [3.63, 3.8) is 0 Å². The molecule has 2 aliphatic carbocycles. The van der Waals surface area contributed by atoms with Gasteiger partial charge in [-0.1, -0.05) is 65.1 Å². The lowest BCUT2D eigenvalue weighted by atomic mass is 9.82. The highest BCUT2D eigenvalue weighted by molar-refractivity contribution is 6.31. The summed E-state index contributed by atoms with van der Waals surface area (Å²) in [5, 5.41) is 28.8. The Morgan fingerprint density at radius 1 is 0.774 bits per heavy atom. The van der Waals surface area contributed by atoms with Gasteiger partial charge in [0.15, 0.2) is 0 Å². The van der Waals surface area contributed by atoms with Crippen molar-refractivity contribution in [1.29, 1.82) is 0 Å². The molecule has 0 radical (unpaired) electrons. The van der Waals surface area contributed by atoms with Crippen LogP contribution in [0, 0.1) is 30.6 Å². The molecule has 0 unspecified atom stereocenters. The van der Waals surface area contributed by atoms with Gasteiger partial charge in [0.2, 0.25) is 0 Å². The normalized spacial score (nSPS) is 22.0. The van der Waals surface area contributed by atoms with Gasteiger partial charge in [0.05, 0.1) is 5.56 Å². The fourth-order valence-corrected chi connectivity index (χ4v) is 6.79. The van der Waals surface area contributed by atoms with Gasteiger partial charge in [-0.15, -0.1) is 0 Å². The summed E-state index contributed by atoms with van der Waals surface area (Å²) in [4.78, 5) is 28.8. The van der Waals surface area contributed by atoms with Gasteiger partial charge < -0.3 is 32.3 Å². The maximum atomic E-state index is 12.5. The first-order valence-corrected chi connectivity index (χ1v) is 18.3. The molecule has 9 nitrogen and oxygen atoms in total. The Hall–Kier alpha value is -5.03. The first-order chi connectivity index (χ1) is 25.3. The van der Waals surface area contributed by atoms with Crippen molar-refractivity contribution in [1.82, 2.24) is 15.6 Å². The molecule has 2 amide bonds. The Kier molecular flexibility index (Phi) is 13.1. The molecule has 0 saturated heterocycles.